The van der Waals surface area contributed by atoms with Crippen molar-refractivity contribution in [1.29, 1.82) is 0 Å². The molecule has 0 aromatic carbocycles. The predicted octanol–water partition coefficient (Wildman–Crippen LogP) is 1.49. The standard InChI is InChI=1S/C11H16N2O4S2/c1-13(8-5-3-4-6-8)19(15,16)11-9(10(14)17-2)12-7-18-11/h7-8H,3-6H2,1-2H3. The molecular formula is C11H16N2O4S2. The fourth-order valence-corrected chi connectivity index (χ4v) is 4.96. The Hall–Kier alpha value is -0.990. The highest BCUT2D eigenvalue weighted by molar-refractivity contribution is 7.91. The van der Waals surface area contributed by atoms with Gasteiger partial charge >= 0.3 is 5.97 Å². The number of sulfonamides is 1. The van der Waals surface area contributed by atoms with E-state index < -0.39 is 16.0 Å². The van der Waals surface area contributed by atoms with Gasteiger partial charge in [-0.2, -0.15) is 4.31 Å². The number of carbonyl (C=O) groups is 1. The minimum Gasteiger partial charge on any atom is -0.464 e. The summed E-state index contributed by atoms with van der Waals surface area (Å²) in [5.74, 6) is -0.723. The van der Waals surface area contributed by atoms with Crippen LogP contribution in [-0.2, 0) is 14.8 Å². The van der Waals surface area contributed by atoms with Crippen LogP contribution in [0.2, 0.25) is 0 Å². The molecule has 0 spiro atoms. The lowest BCUT2D eigenvalue weighted by Gasteiger charge is -2.22. The van der Waals surface area contributed by atoms with E-state index >= 15 is 0 Å². The maximum atomic E-state index is 12.5. The summed E-state index contributed by atoms with van der Waals surface area (Å²) in [6.07, 6.45) is 3.80. The van der Waals surface area contributed by atoms with Crippen molar-refractivity contribution in [2.45, 2.75) is 35.9 Å². The van der Waals surface area contributed by atoms with E-state index in [0.29, 0.717) is 0 Å². The third kappa shape index (κ3) is 2.65. The van der Waals surface area contributed by atoms with E-state index in [-0.39, 0.29) is 15.9 Å². The van der Waals surface area contributed by atoms with Crippen molar-refractivity contribution < 1.29 is 17.9 Å². The zero-order valence-corrected chi connectivity index (χ0v) is 12.5. The zero-order chi connectivity index (χ0) is 14.0. The summed E-state index contributed by atoms with van der Waals surface area (Å²) in [4.78, 5) is 15.3. The van der Waals surface area contributed by atoms with E-state index in [1.54, 1.807) is 7.05 Å². The van der Waals surface area contributed by atoms with E-state index in [4.69, 9.17) is 0 Å². The van der Waals surface area contributed by atoms with Crippen LogP contribution < -0.4 is 0 Å². The summed E-state index contributed by atoms with van der Waals surface area (Å²) in [6.45, 7) is 0. The van der Waals surface area contributed by atoms with Crippen LogP contribution in [0.5, 0.6) is 0 Å². The van der Waals surface area contributed by atoms with Crippen LogP contribution in [0.3, 0.4) is 0 Å². The highest BCUT2D eigenvalue weighted by atomic mass is 32.2. The number of ether oxygens (including phenoxy) is 1. The van der Waals surface area contributed by atoms with Crippen LogP contribution in [0, 0.1) is 0 Å². The van der Waals surface area contributed by atoms with Crippen molar-refractivity contribution in [3.05, 3.63) is 11.2 Å². The summed E-state index contributed by atoms with van der Waals surface area (Å²) < 4.78 is 30.9. The Morgan fingerprint density at radius 3 is 2.68 bits per heavy atom. The van der Waals surface area contributed by atoms with Crippen LogP contribution in [0.15, 0.2) is 9.72 Å². The SMILES string of the molecule is COC(=O)c1ncsc1S(=O)(=O)N(C)C1CCCC1. The van der Waals surface area contributed by atoms with E-state index in [1.807, 2.05) is 0 Å². The molecule has 106 valence electrons. The Morgan fingerprint density at radius 2 is 2.11 bits per heavy atom. The first kappa shape index (κ1) is 14.4. The predicted molar refractivity (Wildman–Crippen MR) is 70.7 cm³/mol. The van der Waals surface area contributed by atoms with Crippen molar-refractivity contribution in [3.63, 3.8) is 0 Å². The monoisotopic (exact) mass is 304 g/mol. The third-order valence-corrected chi connectivity index (χ3v) is 6.62. The van der Waals surface area contributed by atoms with Crippen LogP contribution in [0.25, 0.3) is 0 Å². The molecule has 1 aliphatic carbocycles. The maximum absolute atomic E-state index is 12.5. The molecule has 0 radical (unpaired) electrons. The number of methoxy groups -OCH3 is 1. The number of hydrogen-bond acceptors (Lipinski definition) is 6. The van der Waals surface area contributed by atoms with Gasteiger partial charge in [0, 0.05) is 13.1 Å². The van der Waals surface area contributed by atoms with Crippen LogP contribution in [-0.4, -0.2) is 43.9 Å². The van der Waals surface area contributed by atoms with Gasteiger partial charge in [-0.15, -0.1) is 11.3 Å². The molecule has 1 heterocycles. The lowest BCUT2D eigenvalue weighted by molar-refractivity contribution is 0.0590. The Bertz CT molecular complexity index is 561. The number of aromatic nitrogens is 1. The highest BCUT2D eigenvalue weighted by Crippen LogP contribution is 2.30. The summed E-state index contributed by atoms with van der Waals surface area (Å²) in [5.41, 5.74) is 1.22. The lowest BCUT2D eigenvalue weighted by Crippen LogP contribution is -2.35. The van der Waals surface area contributed by atoms with Crippen LogP contribution in [0.4, 0.5) is 0 Å². The fraction of sp³-hybridized carbons (Fsp3) is 0.636. The van der Waals surface area contributed by atoms with Gasteiger partial charge in [-0.05, 0) is 12.8 Å². The highest BCUT2D eigenvalue weighted by Gasteiger charge is 2.34. The van der Waals surface area contributed by atoms with Crippen molar-refractivity contribution in [1.82, 2.24) is 9.29 Å². The second-order valence-corrected chi connectivity index (χ2v) is 7.49. The minimum atomic E-state index is -3.68. The first-order valence-corrected chi connectivity index (χ1v) is 8.30. The topological polar surface area (TPSA) is 76.6 Å². The van der Waals surface area contributed by atoms with E-state index in [2.05, 4.69) is 9.72 Å². The average Bonchev–Trinajstić information content (AvgIpc) is 3.07. The van der Waals surface area contributed by atoms with Crippen molar-refractivity contribution >= 4 is 27.3 Å². The molecule has 0 saturated heterocycles. The van der Waals surface area contributed by atoms with Gasteiger partial charge in [0.15, 0.2) is 9.90 Å². The third-order valence-electron chi connectivity index (χ3n) is 3.37. The number of hydrogen-bond donors (Lipinski definition) is 0. The van der Waals surface area contributed by atoms with Gasteiger partial charge in [-0.3, -0.25) is 0 Å². The first-order valence-electron chi connectivity index (χ1n) is 5.98. The summed E-state index contributed by atoms with van der Waals surface area (Å²) in [5, 5.41) is 0. The Labute approximate surface area is 116 Å². The second-order valence-electron chi connectivity index (χ2n) is 4.44. The number of carbonyl (C=O) groups excluding carboxylic acids is 1. The maximum Gasteiger partial charge on any atom is 0.358 e. The Kier molecular flexibility index (Phi) is 4.22. The van der Waals surface area contributed by atoms with E-state index in [9.17, 15) is 13.2 Å². The zero-order valence-electron chi connectivity index (χ0n) is 10.8. The molecule has 19 heavy (non-hydrogen) atoms. The summed E-state index contributed by atoms with van der Waals surface area (Å²) >= 11 is 0.946. The van der Waals surface area contributed by atoms with Gasteiger partial charge in [-0.1, -0.05) is 12.8 Å². The molecule has 8 heteroatoms. The van der Waals surface area contributed by atoms with Gasteiger partial charge in [0.05, 0.1) is 12.6 Å². The molecule has 0 amide bonds. The molecule has 1 aromatic heterocycles. The molecule has 0 aliphatic heterocycles. The van der Waals surface area contributed by atoms with Gasteiger partial charge in [0.1, 0.15) is 0 Å². The van der Waals surface area contributed by atoms with Gasteiger partial charge in [0.25, 0.3) is 10.0 Å². The molecule has 0 N–H and O–H groups in total. The molecule has 0 unspecified atom stereocenters. The molecule has 1 fully saturated rings. The fourth-order valence-electron chi connectivity index (χ4n) is 2.25. The van der Waals surface area contributed by atoms with Crippen molar-refractivity contribution in [2.24, 2.45) is 0 Å². The average molecular weight is 304 g/mol. The quantitative estimate of drug-likeness (QED) is 0.788. The number of rotatable bonds is 4. The number of nitrogens with zero attached hydrogens (tertiary/aromatic N) is 2. The van der Waals surface area contributed by atoms with Crippen molar-refractivity contribution in [3.8, 4) is 0 Å². The molecule has 0 atom stereocenters. The molecule has 0 bridgehead atoms. The van der Waals surface area contributed by atoms with Crippen molar-refractivity contribution in [2.75, 3.05) is 14.2 Å². The van der Waals surface area contributed by atoms with Crippen LogP contribution >= 0.6 is 11.3 Å². The Balaban J connectivity index is 2.34. The first-order chi connectivity index (χ1) is 8.98. The van der Waals surface area contributed by atoms with Gasteiger partial charge in [0.2, 0.25) is 0 Å². The molecule has 1 aromatic rings. The summed E-state index contributed by atoms with van der Waals surface area (Å²) in [7, 11) is -0.908. The summed E-state index contributed by atoms with van der Waals surface area (Å²) in [6, 6.07) is 0.0117. The molecule has 1 saturated carbocycles. The minimum absolute atomic E-state index is 0.0117. The van der Waals surface area contributed by atoms with Crippen LogP contribution in [0.1, 0.15) is 36.2 Å². The van der Waals surface area contributed by atoms with Gasteiger partial charge in [-0.25, -0.2) is 18.2 Å². The number of esters is 1. The molecule has 1 aliphatic rings. The second kappa shape index (κ2) is 5.56. The molecule has 6 nitrogen and oxygen atoms in total. The van der Waals surface area contributed by atoms with E-state index in [1.165, 1.54) is 16.9 Å². The lowest BCUT2D eigenvalue weighted by atomic mass is 10.3. The van der Waals surface area contributed by atoms with Gasteiger partial charge < -0.3 is 4.74 Å². The smallest absolute Gasteiger partial charge is 0.358 e. The molecule has 2 rings (SSSR count). The normalized spacial score (nSPS) is 17.0. The number of thiazole rings is 1. The largest absolute Gasteiger partial charge is 0.464 e. The molecular weight excluding hydrogens is 288 g/mol. The Morgan fingerprint density at radius 1 is 1.47 bits per heavy atom. The van der Waals surface area contributed by atoms with E-state index in [0.717, 1.165) is 37.0 Å².